The summed E-state index contributed by atoms with van der Waals surface area (Å²) in [5.74, 6) is 0. The zero-order valence-corrected chi connectivity index (χ0v) is 17.4. The van der Waals surface area contributed by atoms with Crippen molar-refractivity contribution in [3.63, 3.8) is 0 Å². The van der Waals surface area contributed by atoms with Gasteiger partial charge in [-0.1, -0.05) is 71.7 Å². The Kier molecular flexibility index (Phi) is 4.63. The number of rotatable bonds is 3. The smallest absolute Gasteiger partial charge is 0.263 e. The van der Waals surface area contributed by atoms with Crippen LogP contribution >= 0.6 is 34.5 Å². The van der Waals surface area contributed by atoms with Gasteiger partial charge in [0.25, 0.3) is 5.56 Å². The summed E-state index contributed by atoms with van der Waals surface area (Å²) in [6.07, 6.45) is 1.59. The van der Waals surface area contributed by atoms with Crippen LogP contribution in [0, 0.1) is 0 Å². The average molecular weight is 437 g/mol. The van der Waals surface area contributed by atoms with E-state index in [4.69, 9.17) is 23.2 Å². The Morgan fingerprint density at radius 2 is 1.76 bits per heavy atom. The van der Waals surface area contributed by atoms with Crippen molar-refractivity contribution in [1.29, 1.82) is 0 Å². The topological polar surface area (TPSA) is 34.9 Å². The molecule has 0 spiro atoms. The number of thiophene rings is 1. The molecule has 0 radical (unpaired) electrons. The van der Waals surface area contributed by atoms with Crippen LogP contribution in [0.5, 0.6) is 0 Å². The second-order valence-corrected chi connectivity index (χ2v) is 8.45. The Hall–Kier alpha value is -2.66. The minimum Gasteiger partial charge on any atom is -0.294 e. The monoisotopic (exact) mass is 436 g/mol. The average Bonchev–Trinajstić information content (AvgIpc) is 3.17. The van der Waals surface area contributed by atoms with E-state index in [-0.39, 0.29) is 5.56 Å². The molecule has 5 aromatic rings. The second kappa shape index (κ2) is 7.30. The third-order valence-corrected chi connectivity index (χ3v) is 6.60. The molecule has 0 fully saturated rings. The quantitative estimate of drug-likeness (QED) is 0.317. The zero-order valence-electron chi connectivity index (χ0n) is 15.1. The van der Waals surface area contributed by atoms with E-state index >= 15 is 0 Å². The molecular formula is C23H14Cl2N2OS. The van der Waals surface area contributed by atoms with Crippen LogP contribution in [0.3, 0.4) is 0 Å². The Bertz CT molecular complexity index is 1430. The first-order valence-electron chi connectivity index (χ1n) is 9.00. The van der Waals surface area contributed by atoms with E-state index < -0.39 is 0 Å². The number of hydrogen-bond donors (Lipinski definition) is 0. The van der Waals surface area contributed by atoms with Gasteiger partial charge in [-0.3, -0.25) is 9.36 Å². The molecule has 0 aliphatic rings. The van der Waals surface area contributed by atoms with Crippen LogP contribution in [0.2, 0.25) is 10.0 Å². The van der Waals surface area contributed by atoms with Crippen LogP contribution in [0.25, 0.3) is 32.1 Å². The molecule has 5 rings (SSSR count). The first kappa shape index (κ1) is 18.4. The minimum absolute atomic E-state index is 0.0646. The lowest BCUT2D eigenvalue weighted by Crippen LogP contribution is -2.21. The highest BCUT2D eigenvalue weighted by Gasteiger charge is 2.15. The van der Waals surface area contributed by atoms with Crippen molar-refractivity contribution in [1.82, 2.24) is 9.55 Å². The molecule has 2 aromatic heterocycles. The van der Waals surface area contributed by atoms with Crippen LogP contribution in [0.4, 0.5) is 0 Å². The summed E-state index contributed by atoms with van der Waals surface area (Å²) in [5, 5.41) is 5.89. The molecular weight excluding hydrogens is 423 g/mol. The maximum absolute atomic E-state index is 13.3. The number of benzene rings is 3. The molecule has 6 heteroatoms. The van der Waals surface area contributed by atoms with Crippen LogP contribution in [-0.4, -0.2) is 9.55 Å². The third kappa shape index (κ3) is 3.23. The molecule has 0 saturated carbocycles. The number of halogens is 2. The van der Waals surface area contributed by atoms with Gasteiger partial charge in [-0.25, -0.2) is 4.98 Å². The first-order chi connectivity index (χ1) is 14.1. The summed E-state index contributed by atoms with van der Waals surface area (Å²) < 4.78 is 1.61. The molecule has 142 valence electrons. The fourth-order valence-corrected chi connectivity index (χ4v) is 4.79. The van der Waals surface area contributed by atoms with E-state index in [1.807, 2.05) is 29.6 Å². The van der Waals surface area contributed by atoms with Gasteiger partial charge in [-0.2, -0.15) is 0 Å². The van der Waals surface area contributed by atoms with Gasteiger partial charge in [0.15, 0.2) is 0 Å². The number of nitrogens with zero attached hydrogens (tertiary/aromatic N) is 2. The summed E-state index contributed by atoms with van der Waals surface area (Å²) >= 11 is 13.6. The molecule has 3 aromatic carbocycles. The maximum Gasteiger partial charge on any atom is 0.263 e. The maximum atomic E-state index is 13.3. The van der Waals surface area contributed by atoms with E-state index in [1.165, 1.54) is 11.3 Å². The van der Waals surface area contributed by atoms with Crippen molar-refractivity contribution in [2.75, 3.05) is 0 Å². The summed E-state index contributed by atoms with van der Waals surface area (Å²) in [5.41, 5.74) is 2.79. The second-order valence-electron chi connectivity index (χ2n) is 6.78. The Morgan fingerprint density at radius 3 is 2.62 bits per heavy atom. The van der Waals surface area contributed by atoms with Gasteiger partial charge in [0, 0.05) is 10.9 Å². The van der Waals surface area contributed by atoms with Gasteiger partial charge < -0.3 is 0 Å². The lowest BCUT2D eigenvalue weighted by atomic mass is 9.99. The van der Waals surface area contributed by atoms with Gasteiger partial charge in [0.05, 0.1) is 28.3 Å². The van der Waals surface area contributed by atoms with E-state index in [0.29, 0.717) is 22.0 Å². The van der Waals surface area contributed by atoms with Gasteiger partial charge >= 0.3 is 0 Å². The van der Waals surface area contributed by atoms with E-state index in [9.17, 15) is 4.79 Å². The molecule has 0 aliphatic carbocycles. The van der Waals surface area contributed by atoms with Gasteiger partial charge in [-0.15, -0.1) is 11.3 Å². The standard InChI is InChI=1S/C23H14Cl2N2OS/c24-19-9-8-14(10-20(19)25)11-27-13-26-22-21(23(27)28)18(12-29-22)17-7-3-5-15-4-1-2-6-16(15)17/h1-10,12-13H,11H2. The summed E-state index contributed by atoms with van der Waals surface area (Å²) in [7, 11) is 0. The Balaban J connectivity index is 1.68. The van der Waals surface area contributed by atoms with E-state index in [2.05, 4.69) is 29.2 Å². The fraction of sp³-hybridized carbons (Fsp3) is 0.0435. The van der Waals surface area contributed by atoms with Gasteiger partial charge in [0.2, 0.25) is 0 Å². The highest BCUT2D eigenvalue weighted by molar-refractivity contribution is 7.17. The summed E-state index contributed by atoms with van der Waals surface area (Å²) in [6.45, 7) is 0.378. The van der Waals surface area contributed by atoms with Gasteiger partial charge in [-0.05, 0) is 34.0 Å². The molecule has 0 aliphatic heterocycles. The van der Waals surface area contributed by atoms with Crippen molar-refractivity contribution in [2.45, 2.75) is 6.54 Å². The normalized spacial score (nSPS) is 11.4. The number of fused-ring (bicyclic) bond motifs is 2. The SMILES string of the molecule is O=c1c2c(-c3cccc4ccccc34)csc2ncn1Cc1ccc(Cl)c(Cl)c1. The molecule has 0 N–H and O–H groups in total. The fourth-order valence-electron chi connectivity index (χ4n) is 3.57. The highest BCUT2D eigenvalue weighted by atomic mass is 35.5. The Labute approximate surface area is 180 Å². The van der Waals surface area contributed by atoms with E-state index in [0.717, 1.165) is 32.3 Å². The zero-order chi connectivity index (χ0) is 20.0. The highest BCUT2D eigenvalue weighted by Crippen LogP contribution is 2.35. The van der Waals surface area contributed by atoms with Crippen LogP contribution in [-0.2, 0) is 6.54 Å². The van der Waals surface area contributed by atoms with Crippen LogP contribution < -0.4 is 5.56 Å². The summed E-state index contributed by atoms with van der Waals surface area (Å²) in [6, 6.07) is 19.7. The lowest BCUT2D eigenvalue weighted by molar-refractivity contribution is 0.749. The van der Waals surface area contributed by atoms with Crippen LogP contribution in [0.1, 0.15) is 5.56 Å². The predicted octanol–water partition coefficient (Wildman–Crippen LogP) is 6.63. The largest absolute Gasteiger partial charge is 0.294 e. The Morgan fingerprint density at radius 1 is 0.931 bits per heavy atom. The number of aromatic nitrogens is 2. The molecule has 0 amide bonds. The van der Waals surface area contributed by atoms with E-state index in [1.54, 1.807) is 23.0 Å². The molecule has 2 heterocycles. The predicted molar refractivity (Wildman–Crippen MR) is 122 cm³/mol. The van der Waals surface area contributed by atoms with Crippen molar-refractivity contribution in [2.24, 2.45) is 0 Å². The van der Waals surface area contributed by atoms with Crippen molar-refractivity contribution < 1.29 is 0 Å². The molecule has 29 heavy (non-hydrogen) atoms. The minimum atomic E-state index is -0.0646. The van der Waals surface area contributed by atoms with Crippen molar-refractivity contribution in [3.05, 3.63) is 98.3 Å². The first-order valence-corrected chi connectivity index (χ1v) is 10.6. The molecule has 0 atom stereocenters. The molecule has 0 unspecified atom stereocenters. The third-order valence-electron chi connectivity index (χ3n) is 4.98. The van der Waals surface area contributed by atoms with Gasteiger partial charge in [0.1, 0.15) is 4.83 Å². The number of hydrogen-bond acceptors (Lipinski definition) is 3. The molecule has 0 saturated heterocycles. The lowest BCUT2D eigenvalue weighted by Gasteiger charge is -2.09. The van der Waals surface area contributed by atoms with Crippen molar-refractivity contribution in [3.8, 4) is 11.1 Å². The molecule has 0 bridgehead atoms. The van der Waals surface area contributed by atoms with Crippen molar-refractivity contribution >= 4 is 55.5 Å². The molecule has 3 nitrogen and oxygen atoms in total. The van der Waals surface area contributed by atoms with Crippen LogP contribution in [0.15, 0.2) is 77.2 Å². The summed E-state index contributed by atoms with van der Waals surface area (Å²) in [4.78, 5) is 18.6.